The van der Waals surface area contributed by atoms with Crippen LogP contribution in [0.25, 0.3) is 0 Å². The summed E-state index contributed by atoms with van der Waals surface area (Å²) in [6, 6.07) is 8.43. The number of aliphatic carboxylic acids is 1. The lowest BCUT2D eigenvalue weighted by Crippen LogP contribution is -2.37. The number of carboxylic acid groups (broad SMARTS) is 1. The van der Waals surface area contributed by atoms with Gasteiger partial charge in [-0.25, -0.2) is 0 Å². The molecule has 0 spiro atoms. The van der Waals surface area contributed by atoms with Crippen LogP contribution in [-0.2, 0) is 9.59 Å². The largest absolute Gasteiger partial charge is 0.481 e. The second kappa shape index (κ2) is 6.54. The van der Waals surface area contributed by atoms with E-state index in [0.29, 0.717) is 5.56 Å². The fraction of sp³-hybridized carbons (Fsp3) is 0.308. The lowest BCUT2D eigenvalue weighted by atomic mass is 10.0. The normalized spacial score (nSPS) is 11.6. The van der Waals surface area contributed by atoms with Gasteiger partial charge in [0.2, 0.25) is 0 Å². The lowest BCUT2D eigenvalue weighted by molar-refractivity contribution is -0.145. The average molecular weight is 249 g/mol. The van der Waals surface area contributed by atoms with Crippen LogP contribution < -0.4 is 5.32 Å². The fourth-order valence-corrected chi connectivity index (χ4v) is 1.47. The smallest absolute Gasteiger partial charge is 0.315 e. The topological polar surface area (TPSA) is 83.5 Å². The maximum absolute atomic E-state index is 11.7. The second-order valence-electron chi connectivity index (χ2n) is 3.79. The van der Waals surface area contributed by atoms with Crippen molar-refractivity contribution in [2.24, 2.45) is 5.92 Å². The number of Topliss-reactive ketones (excluding diaryl/α,β-unsaturated/α-hetero) is 1. The number of hydrogen-bond acceptors (Lipinski definition) is 3. The Balaban J connectivity index is 2.61. The van der Waals surface area contributed by atoms with Crippen LogP contribution >= 0.6 is 0 Å². The number of carboxylic acids is 1. The summed E-state index contributed by atoms with van der Waals surface area (Å²) in [5.74, 6) is -3.17. The van der Waals surface area contributed by atoms with Crippen LogP contribution in [0.15, 0.2) is 30.3 Å². The zero-order valence-corrected chi connectivity index (χ0v) is 10.1. The van der Waals surface area contributed by atoms with Gasteiger partial charge in [0.1, 0.15) is 11.7 Å². The van der Waals surface area contributed by atoms with Gasteiger partial charge >= 0.3 is 5.97 Å². The van der Waals surface area contributed by atoms with Crippen molar-refractivity contribution in [3.8, 4) is 0 Å². The standard InChI is InChI=1S/C13H15NO4/c1-2-11(15)10(13(17)18)8-14-12(16)9-6-4-3-5-7-9/h3-7,10H,2,8H2,1H3,(H,14,16)(H,17,18). The van der Waals surface area contributed by atoms with Gasteiger partial charge in [0, 0.05) is 18.5 Å². The maximum atomic E-state index is 11.7. The summed E-state index contributed by atoms with van der Waals surface area (Å²) >= 11 is 0. The van der Waals surface area contributed by atoms with E-state index in [1.807, 2.05) is 0 Å². The van der Waals surface area contributed by atoms with Crippen LogP contribution in [0.4, 0.5) is 0 Å². The van der Waals surface area contributed by atoms with E-state index in [4.69, 9.17) is 5.11 Å². The first-order chi connectivity index (χ1) is 8.56. The first kappa shape index (κ1) is 13.9. The van der Waals surface area contributed by atoms with Crippen molar-refractivity contribution >= 4 is 17.7 Å². The molecule has 0 aliphatic heterocycles. The van der Waals surface area contributed by atoms with Crippen molar-refractivity contribution in [2.75, 3.05) is 6.54 Å². The summed E-state index contributed by atoms with van der Waals surface area (Å²) in [5.41, 5.74) is 0.436. The number of nitrogens with one attached hydrogen (secondary N) is 1. The number of amides is 1. The third-order valence-electron chi connectivity index (χ3n) is 2.54. The van der Waals surface area contributed by atoms with E-state index >= 15 is 0 Å². The van der Waals surface area contributed by atoms with Gasteiger partial charge in [0.05, 0.1) is 0 Å². The number of benzene rings is 1. The number of hydrogen-bond donors (Lipinski definition) is 2. The Hall–Kier alpha value is -2.17. The predicted molar refractivity (Wildman–Crippen MR) is 65.2 cm³/mol. The molecule has 0 fully saturated rings. The van der Waals surface area contributed by atoms with Crippen molar-refractivity contribution in [1.82, 2.24) is 5.32 Å². The molecule has 5 nitrogen and oxygen atoms in total. The first-order valence-electron chi connectivity index (χ1n) is 5.65. The fourth-order valence-electron chi connectivity index (χ4n) is 1.47. The minimum absolute atomic E-state index is 0.137. The molecule has 96 valence electrons. The molecule has 2 N–H and O–H groups in total. The Labute approximate surface area is 105 Å². The molecule has 0 aromatic heterocycles. The summed E-state index contributed by atoms with van der Waals surface area (Å²) in [4.78, 5) is 33.9. The molecule has 1 aromatic carbocycles. The molecule has 0 saturated carbocycles. The summed E-state index contributed by atoms with van der Waals surface area (Å²) in [7, 11) is 0. The van der Waals surface area contributed by atoms with Crippen LogP contribution in [0.1, 0.15) is 23.7 Å². The number of carbonyl (C=O) groups excluding carboxylic acids is 2. The van der Waals surface area contributed by atoms with Gasteiger partial charge in [-0.1, -0.05) is 25.1 Å². The van der Waals surface area contributed by atoms with Gasteiger partial charge < -0.3 is 10.4 Å². The molecule has 0 bridgehead atoms. The molecule has 0 aliphatic rings. The highest BCUT2D eigenvalue weighted by atomic mass is 16.4. The maximum Gasteiger partial charge on any atom is 0.315 e. The molecule has 1 unspecified atom stereocenters. The highest BCUT2D eigenvalue weighted by Crippen LogP contribution is 2.03. The molecule has 0 saturated heterocycles. The van der Waals surface area contributed by atoms with Gasteiger partial charge in [-0.3, -0.25) is 14.4 Å². The average Bonchev–Trinajstić information content (AvgIpc) is 2.39. The molecular formula is C13H15NO4. The minimum atomic E-state index is -1.21. The Morgan fingerprint density at radius 3 is 2.33 bits per heavy atom. The van der Waals surface area contributed by atoms with E-state index in [9.17, 15) is 14.4 Å². The highest BCUT2D eigenvalue weighted by molar-refractivity contribution is 5.99. The quantitative estimate of drug-likeness (QED) is 0.739. The summed E-state index contributed by atoms with van der Waals surface area (Å²) in [6.45, 7) is 1.41. The van der Waals surface area contributed by atoms with E-state index in [1.165, 1.54) is 0 Å². The molecule has 1 rings (SSSR count). The molecule has 1 atom stereocenters. The Kier molecular flexibility index (Phi) is 5.05. The van der Waals surface area contributed by atoms with Crippen molar-refractivity contribution in [3.05, 3.63) is 35.9 Å². The zero-order chi connectivity index (χ0) is 13.5. The van der Waals surface area contributed by atoms with Crippen LogP contribution in [0.3, 0.4) is 0 Å². The van der Waals surface area contributed by atoms with Gasteiger partial charge in [-0.05, 0) is 12.1 Å². The Morgan fingerprint density at radius 2 is 1.83 bits per heavy atom. The van der Waals surface area contributed by atoms with Crippen molar-refractivity contribution < 1.29 is 19.5 Å². The van der Waals surface area contributed by atoms with Crippen LogP contribution in [0.5, 0.6) is 0 Å². The van der Waals surface area contributed by atoms with Gasteiger partial charge in [0.25, 0.3) is 5.91 Å². The van der Waals surface area contributed by atoms with Crippen LogP contribution in [0.2, 0.25) is 0 Å². The van der Waals surface area contributed by atoms with E-state index in [0.717, 1.165) is 0 Å². The van der Waals surface area contributed by atoms with Crippen LogP contribution in [-0.4, -0.2) is 29.3 Å². The number of carbonyl (C=O) groups is 3. The molecule has 0 aliphatic carbocycles. The number of ketones is 1. The Morgan fingerprint density at radius 1 is 1.22 bits per heavy atom. The van der Waals surface area contributed by atoms with Crippen LogP contribution in [0, 0.1) is 5.92 Å². The minimum Gasteiger partial charge on any atom is -0.481 e. The van der Waals surface area contributed by atoms with E-state index in [2.05, 4.69) is 5.32 Å². The molecule has 1 aromatic rings. The molecule has 0 heterocycles. The summed E-state index contributed by atoms with van der Waals surface area (Å²) in [6.07, 6.45) is 0.137. The van der Waals surface area contributed by atoms with E-state index in [1.54, 1.807) is 37.3 Å². The SMILES string of the molecule is CCC(=O)C(CNC(=O)c1ccccc1)C(=O)O. The van der Waals surface area contributed by atoms with Gasteiger partial charge in [-0.2, -0.15) is 0 Å². The zero-order valence-electron chi connectivity index (χ0n) is 10.1. The highest BCUT2D eigenvalue weighted by Gasteiger charge is 2.25. The number of rotatable bonds is 6. The summed E-state index contributed by atoms with van der Waals surface area (Å²) < 4.78 is 0. The monoisotopic (exact) mass is 249 g/mol. The van der Waals surface area contributed by atoms with E-state index in [-0.39, 0.29) is 18.9 Å². The third-order valence-corrected chi connectivity index (χ3v) is 2.54. The lowest BCUT2D eigenvalue weighted by Gasteiger charge is -2.11. The molecule has 18 heavy (non-hydrogen) atoms. The second-order valence-corrected chi connectivity index (χ2v) is 3.79. The summed E-state index contributed by atoms with van der Waals surface area (Å²) in [5, 5.41) is 11.3. The first-order valence-corrected chi connectivity index (χ1v) is 5.65. The molecule has 0 radical (unpaired) electrons. The predicted octanol–water partition coefficient (Wildman–Crippen LogP) is 1.10. The molecule has 1 amide bonds. The van der Waals surface area contributed by atoms with Crippen molar-refractivity contribution in [2.45, 2.75) is 13.3 Å². The molecular weight excluding hydrogens is 234 g/mol. The van der Waals surface area contributed by atoms with E-state index < -0.39 is 17.7 Å². The Bertz CT molecular complexity index is 442. The van der Waals surface area contributed by atoms with Gasteiger partial charge in [0.15, 0.2) is 0 Å². The molecule has 5 heteroatoms. The van der Waals surface area contributed by atoms with Gasteiger partial charge in [-0.15, -0.1) is 0 Å². The van der Waals surface area contributed by atoms with Crippen molar-refractivity contribution in [3.63, 3.8) is 0 Å². The third kappa shape index (κ3) is 3.69. The van der Waals surface area contributed by atoms with Crippen molar-refractivity contribution in [1.29, 1.82) is 0 Å².